The van der Waals surface area contributed by atoms with Gasteiger partial charge in [0.25, 0.3) is 0 Å². The van der Waals surface area contributed by atoms with Crippen molar-refractivity contribution in [1.29, 1.82) is 0 Å². The number of nitrogens with zero attached hydrogens (tertiary/aromatic N) is 3. The fourth-order valence-corrected chi connectivity index (χ4v) is 2.13. The van der Waals surface area contributed by atoms with Crippen molar-refractivity contribution in [2.24, 2.45) is 0 Å². The SMILES string of the molecule is CN(Cc1ccccc1Cl)c1nc(N)cc(Br)n1. The van der Waals surface area contributed by atoms with Gasteiger partial charge in [0.2, 0.25) is 5.95 Å². The van der Waals surface area contributed by atoms with E-state index in [1.54, 1.807) is 6.07 Å². The van der Waals surface area contributed by atoms with Gasteiger partial charge in [0, 0.05) is 24.7 Å². The molecule has 2 N–H and O–H groups in total. The lowest BCUT2D eigenvalue weighted by molar-refractivity contribution is 0.865. The molecule has 2 rings (SSSR count). The maximum absolute atomic E-state index is 6.12. The predicted octanol–water partition coefficient (Wildman–Crippen LogP) is 3.11. The molecule has 1 heterocycles. The van der Waals surface area contributed by atoms with Crippen LogP contribution in [-0.4, -0.2) is 17.0 Å². The van der Waals surface area contributed by atoms with Crippen molar-refractivity contribution in [2.75, 3.05) is 17.7 Å². The van der Waals surface area contributed by atoms with Crippen LogP contribution in [0.5, 0.6) is 0 Å². The minimum Gasteiger partial charge on any atom is -0.383 e. The van der Waals surface area contributed by atoms with Gasteiger partial charge in [-0.05, 0) is 27.6 Å². The fourth-order valence-electron chi connectivity index (χ4n) is 1.55. The zero-order valence-electron chi connectivity index (χ0n) is 9.77. The minimum atomic E-state index is 0.429. The van der Waals surface area contributed by atoms with Crippen LogP contribution in [-0.2, 0) is 6.54 Å². The third-order valence-corrected chi connectivity index (χ3v) is 3.18. The number of hydrogen-bond donors (Lipinski definition) is 1. The third-order valence-electron chi connectivity index (χ3n) is 2.41. The molecule has 0 bridgehead atoms. The van der Waals surface area contributed by atoms with Gasteiger partial charge >= 0.3 is 0 Å². The molecule has 0 fully saturated rings. The molecule has 0 aliphatic heterocycles. The molecule has 94 valence electrons. The molecule has 6 heteroatoms. The number of nitrogens with two attached hydrogens (primary N) is 1. The molecule has 18 heavy (non-hydrogen) atoms. The van der Waals surface area contributed by atoms with Crippen molar-refractivity contribution >= 4 is 39.3 Å². The number of benzene rings is 1. The van der Waals surface area contributed by atoms with Gasteiger partial charge in [0.15, 0.2) is 0 Å². The van der Waals surface area contributed by atoms with Gasteiger partial charge in [0.05, 0.1) is 0 Å². The van der Waals surface area contributed by atoms with Crippen molar-refractivity contribution < 1.29 is 0 Å². The standard InChI is InChI=1S/C12H12BrClN4/c1-18(7-8-4-2-3-5-9(8)14)12-16-10(13)6-11(15)17-12/h2-6H,7H2,1H3,(H2,15,16,17). The van der Waals surface area contributed by atoms with E-state index in [2.05, 4.69) is 25.9 Å². The minimum absolute atomic E-state index is 0.429. The Morgan fingerprint density at radius 1 is 1.33 bits per heavy atom. The Morgan fingerprint density at radius 2 is 2.06 bits per heavy atom. The zero-order valence-corrected chi connectivity index (χ0v) is 12.1. The van der Waals surface area contributed by atoms with E-state index in [1.165, 1.54) is 0 Å². The smallest absolute Gasteiger partial charge is 0.228 e. The lowest BCUT2D eigenvalue weighted by Crippen LogP contribution is -2.19. The molecule has 4 nitrogen and oxygen atoms in total. The number of aromatic nitrogens is 2. The molecule has 0 radical (unpaired) electrons. The van der Waals surface area contributed by atoms with Gasteiger partial charge in [0.1, 0.15) is 10.4 Å². The molecule has 0 saturated heterocycles. The van der Waals surface area contributed by atoms with Gasteiger partial charge < -0.3 is 10.6 Å². The second-order valence-corrected chi connectivity index (χ2v) is 5.08. The Kier molecular flexibility index (Phi) is 4.04. The Labute approximate surface area is 119 Å². The summed E-state index contributed by atoms with van der Waals surface area (Å²) in [4.78, 5) is 10.3. The molecule has 2 aromatic rings. The normalized spacial score (nSPS) is 10.4. The average Bonchev–Trinajstić information content (AvgIpc) is 2.31. The van der Waals surface area contributed by atoms with E-state index in [0.717, 1.165) is 10.6 Å². The summed E-state index contributed by atoms with van der Waals surface area (Å²) >= 11 is 9.41. The average molecular weight is 328 g/mol. The van der Waals surface area contributed by atoms with E-state index in [0.29, 0.717) is 22.9 Å². The van der Waals surface area contributed by atoms with Crippen molar-refractivity contribution in [3.8, 4) is 0 Å². The van der Waals surface area contributed by atoms with Crippen molar-refractivity contribution in [3.63, 3.8) is 0 Å². The first kappa shape index (κ1) is 13.1. The summed E-state index contributed by atoms with van der Waals surface area (Å²) in [6.45, 7) is 0.621. The first-order valence-electron chi connectivity index (χ1n) is 5.31. The highest BCUT2D eigenvalue weighted by Gasteiger charge is 2.09. The summed E-state index contributed by atoms with van der Waals surface area (Å²) in [5.41, 5.74) is 6.70. The Hall–Kier alpha value is -1.33. The molecule has 0 aliphatic rings. The lowest BCUT2D eigenvalue weighted by atomic mass is 10.2. The van der Waals surface area contributed by atoms with Crippen LogP contribution in [0.3, 0.4) is 0 Å². The lowest BCUT2D eigenvalue weighted by Gasteiger charge is -2.18. The largest absolute Gasteiger partial charge is 0.383 e. The monoisotopic (exact) mass is 326 g/mol. The van der Waals surface area contributed by atoms with Crippen molar-refractivity contribution in [2.45, 2.75) is 6.54 Å². The number of halogens is 2. The van der Waals surface area contributed by atoms with E-state index >= 15 is 0 Å². The number of rotatable bonds is 3. The molecule has 0 spiro atoms. The topological polar surface area (TPSA) is 55.0 Å². The molecule has 0 amide bonds. The summed E-state index contributed by atoms with van der Waals surface area (Å²) in [6, 6.07) is 9.35. The van der Waals surface area contributed by atoms with Crippen molar-refractivity contribution in [1.82, 2.24) is 9.97 Å². The maximum atomic E-state index is 6.12. The number of nitrogen functional groups attached to an aromatic ring is 1. The van der Waals surface area contributed by atoms with Crippen LogP contribution in [0.1, 0.15) is 5.56 Å². The first-order valence-corrected chi connectivity index (χ1v) is 6.48. The summed E-state index contributed by atoms with van der Waals surface area (Å²) < 4.78 is 0.663. The molecule has 1 aromatic carbocycles. The van der Waals surface area contributed by atoms with E-state index in [4.69, 9.17) is 17.3 Å². The third kappa shape index (κ3) is 3.11. The highest BCUT2D eigenvalue weighted by atomic mass is 79.9. The van der Waals surface area contributed by atoms with Crippen LogP contribution in [0.15, 0.2) is 34.9 Å². The Balaban J connectivity index is 2.22. The van der Waals surface area contributed by atoms with Gasteiger partial charge in [-0.2, -0.15) is 4.98 Å². The van der Waals surface area contributed by atoms with E-state index < -0.39 is 0 Å². The molecular formula is C12H12BrClN4. The second-order valence-electron chi connectivity index (χ2n) is 3.86. The van der Waals surface area contributed by atoms with Gasteiger partial charge in [-0.1, -0.05) is 29.8 Å². The number of hydrogen-bond acceptors (Lipinski definition) is 4. The van der Waals surface area contributed by atoms with E-state index in [9.17, 15) is 0 Å². The van der Waals surface area contributed by atoms with Gasteiger partial charge in [-0.15, -0.1) is 0 Å². The van der Waals surface area contributed by atoms with Crippen LogP contribution >= 0.6 is 27.5 Å². The van der Waals surface area contributed by atoms with E-state index in [-0.39, 0.29) is 0 Å². The summed E-state index contributed by atoms with van der Waals surface area (Å²) in [7, 11) is 1.89. The summed E-state index contributed by atoms with van der Waals surface area (Å²) in [5.74, 6) is 0.986. The Bertz CT molecular complexity index is 541. The fraction of sp³-hybridized carbons (Fsp3) is 0.167. The van der Waals surface area contributed by atoms with E-state index in [1.807, 2.05) is 36.2 Å². The summed E-state index contributed by atoms with van der Waals surface area (Å²) in [6.07, 6.45) is 0. The second kappa shape index (κ2) is 5.54. The quantitative estimate of drug-likeness (QED) is 0.880. The van der Waals surface area contributed by atoms with Gasteiger partial charge in [-0.3, -0.25) is 0 Å². The maximum Gasteiger partial charge on any atom is 0.228 e. The highest BCUT2D eigenvalue weighted by Crippen LogP contribution is 2.20. The molecule has 0 atom stereocenters. The summed E-state index contributed by atoms with van der Waals surface area (Å²) in [5, 5.41) is 0.729. The zero-order chi connectivity index (χ0) is 13.1. The molecular weight excluding hydrogens is 316 g/mol. The first-order chi connectivity index (χ1) is 8.56. The molecule has 1 aromatic heterocycles. The highest BCUT2D eigenvalue weighted by molar-refractivity contribution is 9.10. The van der Waals surface area contributed by atoms with Gasteiger partial charge in [-0.25, -0.2) is 4.98 Å². The Morgan fingerprint density at radius 3 is 2.72 bits per heavy atom. The number of anilines is 2. The van der Waals surface area contributed by atoms with Crippen LogP contribution in [0.25, 0.3) is 0 Å². The predicted molar refractivity (Wildman–Crippen MR) is 77.7 cm³/mol. The molecule has 0 saturated carbocycles. The van der Waals surface area contributed by atoms with Crippen LogP contribution in [0.4, 0.5) is 11.8 Å². The van der Waals surface area contributed by atoms with Crippen LogP contribution in [0, 0.1) is 0 Å². The van der Waals surface area contributed by atoms with Crippen LogP contribution in [0.2, 0.25) is 5.02 Å². The van der Waals surface area contributed by atoms with Crippen LogP contribution < -0.4 is 10.6 Å². The molecule has 0 aliphatic carbocycles. The van der Waals surface area contributed by atoms with Crippen molar-refractivity contribution in [3.05, 3.63) is 45.5 Å². The molecule has 0 unspecified atom stereocenters.